The summed E-state index contributed by atoms with van der Waals surface area (Å²) in [7, 11) is 0. The van der Waals surface area contributed by atoms with Crippen LogP contribution in [0.15, 0.2) is 53.0 Å². The van der Waals surface area contributed by atoms with Crippen LogP contribution in [0.1, 0.15) is 49.3 Å². The van der Waals surface area contributed by atoms with Crippen molar-refractivity contribution >= 4 is 40.1 Å². The number of thiophene rings is 1. The Kier molecular flexibility index (Phi) is 5.81. The Hall–Kier alpha value is -3.15. The molecule has 0 saturated heterocycles. The molecule has 0 radical (unpaired) electrons. The molecule has 7 nitrogen and oxygen atoms in total. The molecule has 0 amide bonds. The van der Waals surface area contributed by atoms with Crippen molar-refractivity contribution in [1.29, 1.82) is 5.26 Å². The van der Waals surface area contributed by atoms with E-state index in [4.69, 9.17) is 17.3 Å². The molecular formula is C24H23ClN4O3S. The van der Waals surface area contributed by atoms with Crippen molar-refractivity contribution < 1.29 is 9.72 Å². The number of hydrogen-bond donors (Lipinski definition) is 1. The molecule has 170 valence electrons. The number of ketones is 1. The number of benzene rings is 1. The van der Waals surface area contributed by atoms with E-state index in [0.29, 0.717) is 24.1 Å². The first kappa shape index (κ1) is 23.0. The molecule has 1 aromatic heterocycles. The second-order valence-corrected chi connectivity index (χ2v) is 10.6. The molecule has 0 saturated carbocycles. The Bertz CT molecular complexity index is 1280. The topological polar surface area (TPSA) is 113 Å². The van der Waals surface area contributed by atoms with Gasteiger partial charge in [0.1, 0.15) is 5.82 Å². The molecule has 0 fully saturated rings. The molecule has 33 heavy (non-hydrogen) atoms. The van der Waals surface area contributed by atoms with Crippen molar-refractivity contribution in [2.45, 2.75) is 46.0 Å². The van der Waals surface area contributed by atoms with Gasteiger partial charge in [-0.25, -0.2) is 0 Å². The third-order valence-electron chi connectivity index (χ3n) is 6.08. The van der Waals surface area contributed by atoms with E-state index in [9.17, 15) is 20.2 Å². The fraction of sp³-hybridized carbons (Fsp3) is 0.333. The Morgan fingerprint density at radius 3 is 2.67 bits per heavy atom. The molecule has 2 aromatic rings. The highest BCUT2D eigenvalue weighted by Gasteiger charge is 2.45. The zero-order chi connectivity index (χ0) is 24.1. The van der Waals surface area contributed by atoms with Gasteiger partial charge in [0.05, 0.1) is 33.2 Å². The van der Waals surface area contributed by atoms with Gasteiger partial charge in [-0.3, -0.25) is 19.8 Å². The van der Waals surface area contributed by atoms with E-state index in [1.54, 1.807) is 16.2 Å². The molecule has 2 heterocycles. The minimum atomic E-state index is -0.562. The number of nitriles is 1. The van der Waals surface area contributed by atoms with Gasteiger partial charge < -0.3 is 5.73 Å². The zero-order valence-electron chi connectivity index (χ0n) is 18.5. The monoisotopic (exact) mass is 482 g/mol. The number of aryl methyl sites for hydroxylation is 1. The van der Waals surface area contributed by atoms with Gasteiger partial charge in [0.2, 0.25) is 0 Å². The molecule has 1 aliphatic carbocycles. The first-order valence-corrected chi connectivity index (χ1v) is 11.8. The van der Waals surface area contributed by atoms with Crippen LogP contribution in [-0.2, 0) is 11.2 Å². The molecule has 1 atom stereocenters. The highest BCUT2D eigenvalue weighted by atomic mass is 35.5. The highest BCUT2D eigenvalue weighted by Crippen LogP contribution is 2.52. The minimum absolute atomic E-state index is 0.0514. The number of nitrogens with zero attached hydrogens (tertiary/aromatic N) is 3. The lowest BCUT2D eigenvalue weighted by molar-refractivity contribution is -0.384. The van der Waals surface area contributed by atoms with E-state index in [1.165, 1.54) is 18.2 Å². The SMILES string of the molecule is CCc1ccc([C@@H]2C(C#N)=C(N)N(c3cc([N+](=O)[O-])ccc3Cl)C3=C2C(=O)CC(C)(C)C3)s1. The van der Waals surface area contributed by atoms with Crippen LogP contribution in [0.25, 0.3) is 0 Å². The summed E-state index contributed by atoms with van der Waals surface area (Å²) in [5.74, 6) is -0.474. The van der Waals surface area contributed by atoms with Crippen LogP contribution in [0, 0.1) is 26.9 Å². The normalized spacial score (nSPS) is 20.0. The van der Waals surface area contributed by atoms with Crippen LogP contribution in [0.2, 0.25) is 5.02 Å². The number of rotatable bonds is 4. The first-order chi connectivity index (χ1) is 15.6. The maximum Gasteiger partial charge on any atom is 0.271 e. The van der Waals surface area contributed by atoms with Crippen molar-refractivity contribution in [3.8, 4) is 6.07 Å². The average molecular weight is 483 g/mol. The van der Waals surface area contributed by atoms with Gasteiger partial charge in [-0.15, -0.1) is 11.3 Å². The van der Waals surface area contributed by atoms with Gasteiger partial charge in [0.15, 0.2) is 5.78 Å². The lowest BCUT2D eigenvalue weighted by Gasteiger charge is -2.43. The van der Waals surface area contributed by atoms with Crippen molar-refractivity contribution in [3.05, 3.63) is 77.9 Å². The Labute approximate surface area is 200 Å². The number of non-ortho nitro benzene ring substituents is 1. The van der Waals surface area contributed by atoms with E-state index in [1.807, 2.05) is 26.0 Å². The van der Waals surface area contributed by atoms with E-state index < -0.39 is 10.8 Å². The van der Waals surface area contributed by atoms with Gasteiger partial charge in [-0.05, 0) is 36.5 Å². The molecule has 1 aliphatic heterocycles. The van der Waals surface area contributed by atoms with Crippen LogP contribution in [-0.4, -0.2) is 10.7 Å². The maximum absolute atomic E-state index is 13.5. The standard InChI is InChI=1S/C24H23ClN4O3S/c1-4-14-6-8-20(33-14)21-15(12-26)23(27)28(17-9-13(29(31)32)5-7-16(17)25)18-10-24(2,3)11-19(30)22(18)21/h5-9,21H,4,10-11,27H2,1-3H3/t21-/m0/s1. The number of nitrogens with two attached hydrogens (primary N) is 1. The summed E-state index contributed by atoms with van der Waals surface area (Å²) in [5.41, 5.74) is 7.78. The fourth-order valence-corrected chi connectivity index (χ4v) is 5.87. The lowest BCUT2D eigenvalue weighted by atomic mass is 9.69. The van der Waals surface area contributed by atoms with E-state index >= 15 is 0 Å². The third-order valence-corrected chi connectivity index (χ3v) is 7.69. The molecule has 4 rings (SSSR count). The molecule has 0 bridgehead atoms. The second kappa shape index (κ2) is 8.32. The Morgan fingerprint density at radius 2 is 2.06 bits per heavy atom. The summed E-state index contributed by atoms with van der Waals surface area (Å²) >= 11 is 8.04. The van der Waals surface area contributed by atoms with Gasteiger partial charge in [0, 0.05) is 39.6 Å². The molecule has 2 N–H and O–H groups in total. The number of Topliss-reactive ketones (excluding diaryl/α,β-unsaturated/α-hetero) is 1. The average Bonchev–Trinajstić information content (AvgIpc) is 3.22. The number of halogens is 1. The number of allylic oxidation sites excluding steroid dienone is 3. The number of nitro benzene ring substituents is 1. The summed E-state index contributed by atoms with van der Waals surface area (Å²) in [6, 6.07) is 10.3. The Balaban J connectivity index is 2.02. The number of nitro groups is 1. The lowest BCUT2D eigenvalue weighted by Crippen LogP contribution is -2.42. The number of anilines is 1. The molecule has 9 heteroatoms. The van der Waals surface area contributed by atoms with Crippen LogP contribution in [0.4, 0.5) is 11.4 Å². The van der Waals surface area contributed by atoms with E-state index in [0.717, 1.165) is 16.2 Å². The number of hydrogen-bond acceptors (Lipinski definition) is 7. The van der Waals surface area contributed by atoms with Crippen LogP contribution < -0.4 is 10.6 Å². The van der Waals surface area contributed by atoms with Gasteiger partial charge in [-0.2, -0.15) is 5.26 Å². The molecule has 0 spiro atoms. The van der Waals surface area contributed by atoms with Crippen LogP contribution in [0.5, 0.6) is 0 Å². The molecule has 1 aromatic carbocycles. The number of carbonyl (C=O) groups is 1. The summed E-state index contributed by atoms with van der Waals surface area (Å²) < 4.78 is 0. The minimum Gasteiger partial charge on any atom is -0.384 e. The van der Waals surface area contributed by atoms with Crippen LogP contribution in [0.3, 0.4) is 0 Å². The summed E-state index contributed by atoms with van der Waals surface area (Å²) in [6.45, 7) is 6.05. The van der Waals surface area contributed by atoms with Crippen molar-refractivity contribution in [3.63, 3.8) is 0 Å². The van der Waals surface area contributed by atoms with E-state index in [-0.39, 0.29) is 39.0 Å². The molecule has 0 unspecified atom stereocenters. The molecule has 2 aliphatic rings. The summed E-state index contributed by atoms with van der Waals surface area (Å²) in [5, 5.41) is 21.8. The highest BCUT2D eigenvalue weighted by molar-refractivity contribution is 7.12. The van der Waals surface area contributed by atoms with Gasteiger partial charge in [0.25, 0.3) is 5.69 Å². The summed E-state index contributed by atoms with van der Waals surface area (Å²) in [4.78, 5) is 28.1. The van der Waals surface area contributed by atoms with Crippen molar-refractivity contribution in [1.82, 2.24) is 0 Å². The molecular weight excluding hydrogens is 460 g/mol. The fourth-order valence-electron chi connectivity index (χ4n) is 4.59. The number of carbonyl (C=O) groups excluding carboxylic acids is 1. The quantitative estimate of drug-likeness (QED) is 0.434. The van der Waals surface area contributed by atoms with E-state index in [2.05, 4.69) is 13.0 Å². The predicted octanol–water partition coefficient (Wildman–Crippen LogP) is 5.81. The predicted molar refractivity (Wildman–Crippen MR) is 129 cm³/mol. The summed E-state index contributed by atoms with van der Waals surface area (Å²) in [6.07, 6.45) is 1.69. The first-order valence-electron chi connectivity index (χ1n) is 10.6. The van der Waals surface area contributed by atoms with Crippen LogP contribution >= 0.6 is 22.9 Å². The maximum atomic E-state index is 13.5. The second-order valence-electron chi connectivity index (χ2n) is 9.03. The third kappa shape index (κ3) is 3.92. The largest absolute Gasteiger partial charge is 0.384 e. The van der Waals surface area contributed by atoms with Crippen molar-refractivity contribution in [2.75, 3.05) is 4.90 Å². The van der Waals surface area contributed by atoms with Gasteiger partial charge in [-0.1, -0.05) is 32.4 Å². The van der Waals surface area contributed by atoms with Gasteiger partial charge >= 0.3 is 0 Å². The zero-order valence-corrected chi connectivity index (χ0v) is 20.1. The van der Waals surface area contributed by atoms with Crippen molar-refractivity contribution in [2.24, 2.45) is 11.1 Å². The Morgan fingerprint density at radius 1 is 1.33 bits per heavy atom. The smallest absolute Gasteiger partial charge is 0.271 e.